The van der Waals surface area contributed by atoms with Gasteiger partial charge in [-0.15, -0.1) is 0 Å². The van der Waals surface area contributed by atoms with Crippen LogP contribution in [-0.4, -0.2) is 42.7 Å². The first-order valence-corrected chi connectivity index (χ1v) is 11.3. The van der Waals surface area contributed by atoms with Crippen LogP contribution in [0.4, 0.5) is 5.69 Å². The van der Waals surface area contributed by atoms with Gasteiger partial charge < -0.3 is 24.5 Å². The van der Waals surface area contributed by atoms with Gasteiger partial charge in [-0.3, -0.25) is 0 Å². The third-order valence-electron chi connectivity index (χ3n) is 6.21. The maximum Gasteiger partial charge on any atom is 0.141 e. The number of nitrogens with zero attached hydrogens (tertiary/aromatic N) is 4. The summed E-state index contributed by atoms with van der Waals surface area (Å²) < 4.78 is 12.9. The van der Waals surface area contributed by atoms with E-state index >= 15 is 0 Å². The first kappa shape index (κ1) is 22.1. The zero-order valence-electron chi connectivity index (χ0n) is 19.0. The average Bonchev–Trinajstić information content (AvgIpc) is 3.48. The molecule has 7 nitrogen and oxygen atoms in total. The Hall–Kier alpha value is -3.73. The van der Waals surface area contributed by atoms with Gasteiger partial charge in [-0.2, -0.15) is 5.26 Å². The number of pyridine rings is 1. The molecule has 5 rings (SSSR count). The normalized spacial score (nSPS) is 15.5. The van der Waals surface area contributed by atoms with E-state index in [1.165, 1.54) is 0 Å². The number of fused-ring (bicyclic) bond motifs is 1. The van der Waals surface area contributed by atoms with E-state index in [1.54, 1.807) is 20.3 Å². The molecule has 1 aliphatic heterocycles. The molecule has 8 heteroatoms. The number of nitrogens with two attached hydrogens (primary N) is 1. The Morgan fingerprint density at radius 3 is 2.47 bits per heavy atom. The average molecular weight is 474 g/mol. The lowest BCUT2D eigenvalue weighted by Crippen LogP contribution is -2.26. The number of hydrogen-bond acceptors (Lipinski definition) is 6. The molecule has 2 aromatic heterocycles. The number of halogens is 1. The molecule has 1 aliphatic rings. The summed E-state index contributed by atoms with van der Waals surface area (Å²) in [6.45, 7) is 1.67. The number of hydrogen-bond donors (Lipinski definition) is 1. The molecule has 34 heavy (non-hydrogen) atoms. The van der Waals surface area contributed by atoms with Crippen molar-refractivity contribution in [2.24, 2.45) is 5.73 Å². The molecule has 0 bridgehead atoms. The van der Waals surface area contributed by atoms with E-state index in [0.29, 0.717) is 22.1 Å². The highest BCUT2D eigenvalue weighted by Gasteiger charge is 2.23. The molecule has 1 saturated heterocycles. The summed E-state index contributed by atoms with van der Waals surface area (Å²) in [5.74, 6) is 1.17. The first-order valence-electron chi connectivity index (χ1n) is 11.0. The van der Waals surface area contributed by atoms with Gasteiger partial charge in [0.2, 0.25) is 0 Å². The Labute approximate surface area is 202 Å². The van der Waals surface area contributed by atoms with Crippen molar-refractivity contribution in [3.8, 4) is 40.0 Å². The smallest absolute Gasteiger partial charge is 0.141 e. The minimum absolute atomic E-state index is 0.144. The van der Waals surface area contributed by atoms with Crippen LogP contribution in [0.5, 0.6) is 11.5 Å². The van der Waals surface area contributed by atoms with Crippen molar-refractivity contribution in [1.29, 1.82) is 5.26 Å². The second-order valence-corrected chi connectivity index (χ2v) is 8.74. The summed E-state index contributed by atoms with van der Waals surface area (Å²) in [7, 11) is 3.18. The quantitative estimate of drug-likeness (QED) is 0.450. The fraction of sp³-hybridized carbons (Fsp3) is 0.231. The highest BCUT2D eigenvalue weighted by Crippen LogP contribution is 2.39. The summed E-state index contributed by atoms with van der Waals surface area (Å²) >= 11 is 6.41. The Morgan fingerprint density at radius 1 is 1.06 bits per heavy atom. The highest BCUT2D eigenvalue weighted by atomic mass is 35.5. The zero-order valence-corrected chi connectivity index (χ0v) is 19.7. The van der Waals surface area contributed by atoms with Crippen molar-refractivity contribution >= 4 is 22.9 Å². The van der Waals surface area contributed by atoms with Gasteiger partial charge in [0.05, 0.1) is 36.6 Å². The van der Waals surface area contributed by atoms with Crippen molar-refractivity contribution < 1.29 is 9.47 Å². The largest absolute Gasteiger partial charge is 0.496 e. The zero-order chi connectivity index (χ0) is 23.8. The molecule has 0 saturated carbocycles. The van der Waals surface area contributed by atoms with Gasteiger partial charge in [0.15, 0.2) is 0 Å². The molecule has 0 aliphatic carbocycles. The van der Waals surface area contributed by atoms with Crippen LogP contribution in [0.15, 0.2) is 54.9 Å². The van der Waals surface area contributed by atoms with E-state index in [4.69, 9.17) is 31.8 Å². The number of rotatable bonds is 5. The second kappa shape index (κ2) is 8.90. The third-order valence-corrected chi connectivity index (χ3v) is 6.51. The lowest BCUT2D eigenvalue weighted by atomic mass is 10.0. The fourth-order valence-electron chi connectivity index (χ4n) is 4.43. The van der Waals surface area contributed by atoms with Gasteiger partial charge in [-0.05, 0) is 30.2 Å². The molecule has 1 fully saturated rings. The topological polar surface area (TPSA) is 88.8 Å². The van der Waals surface area contributed by atoms with Crippen molar-refractivity contribution in [1.82, 2.24) is 9.38 Å². The second-order valence-electron chi connectivity index (χ2n) is 8.33. The number of methoxy groups -OCH3 is 2. The molecule has 0 radical (unpaired) electrons. The lowest BCUT2D eigenvalue weighted by molar-refractivity contribution is 0.395. The summed E-state index contributed by atoms with van der Waals surface area (Å²) in [5, 5.41) is 9.68. The van der Waals surface area contributed by atoms with Crippen LogP contribution in [0.2, 0.25) is 5.02 Å². The van der Waals surface area contributed by atoms with E-state index in [-0.39, 0.29) is 6.04 Å². The van der Waals surface area contributed by atoms with Crippen LogP contribution in [0.1, 0.15) is 12.0 Å². The molecule has 1 atom stereocenters. The predicted octanol–water partition coefficient (Wildman–Crippen LogP) is 4.75. The van der Waals surface area contributed by atoms with Crippen LogP contribution in [0, 0.1) is 11.3 Å². The van der Waals surface area contributed by atoms with Gasteiger partial charge >= 0.3 is 0 Å². The van der Waals surface area contributed by atoms with Gasteiger partial charge in [-0.25, -0.2) is 4.98 Å². The first-order chi connectivity index (χ1) is 16.5. The van der Waals surface area contributed by atoms with Crippen LogP contribution < -0.4 is 20.1 Å². The number of anilines is 1. The summed E-state index contributed by atoms with van der Waals surface area (Å²) in [4.78, 5) is 7.19. The van der Waals surface area contributed by atoms with Gasteiger partial charge in [0.25, 0.3) is 0 Å². The summed E-state index contributed by atoms with van der Waals surface area (Å²) in [6.07, 6.45) is 4.98. The fourth-order valence-corrected chi connectivity index (χ4v) is 4.67. The number of aromatic nitrogens is 2. The van der Waals surface area contributed by atoms with E-state index in [2.05, 4.69) is 23.2 Å². The molecular weight excluding hydrogens is 450 g/mol. The Morgan fingerprint density at radius 2 is 1.82 bits per heavy atom. The van der Waals surface area contributed by atoms with Crippen LogP contribution in [0.25, 0.3) is 28.0 Å². The van der Waals surface area contributed by atoms with Crippen molar-refractivity contribution in [3.05, 3.63) is 65.4 Å². The molecule has 1 unspecified atom stereocenters. The minimum Gasteiger partial charge on any atom is -0.496 e. The Bertz CT molecular complexity index is 1410. The van der Waals surface area contributed by atoms with Crippen LogP contribution in [0.3, 0.4) is 0 Å². The molecule has 0 spiro atoms. The van der Waals surface area contributed by atoms with E-state index < -0.39 is 0 Å². The standard InChI is InChI=1S/C26H24ClN5O2/c1-33-24-11-25(34-2)21(27)9-19(24)22-15-32-14-20(17-5-3-16(12-28)4-6-17)23(10-26(32)30-22)31-8-7-18(29)13-31/h3-6,9-11,14-15,18H,7-8,13,29H2,1-2H3. The number of ether oxygens (including phenoxy) is 2. The number of nitriles is 1. The van der Waals surface area contributed by atoms with Crippen molar-refractivity contribution in [2.75, 3.05) is 32.2 Å². The molecule has 0 amide bonds. The van der Waals surface area contributed by atoms with E-state index in [9.17, 15) is 5.26 Å². The highest BCUT2D eigenvalue weighted by molar-refractivity contribution is 6.32. The monoisotopic (exact) mass is 473 g/mol. The van der Waals surface area contributed by atoms with E-state index in [1.807, 2.05) is 40.9 Å². The minimum atomic E-state index is 0.144. The van der Waals surface area contributed by atoms with Crippen molar-refractivity contribution in [3.63, 3.8) is 0 Å². The van der Waals surface area contributed by atoms with Gasteiger partial charge in [0, 0.05) is 60.5 Å². The molecule has 172 valence electrons. The molecule has 2 N–H and O–H groups in total. The summed E-state index contributed by atoms with van der Waals surface area (Å²) in [5.41, 5.74) is 12.3. The SMILES string of the molecule is COc1cc(OC)c(-c2cn3cc(-c4ccc(C#N)cc4)c(N4CCC(N)C4)cc3n2)cc1Cl. The van der Waals surface area contributed by atoms with Gasteiger partial charge in [-0.1, -0.05) is 23.7 Å². The van der Waals surface area contributed by atoms with Crippen molar-refractivity contribution in [2.45, 2.75) is 12.5 Å². The molecular formula is C26H24ClN5O2. The lowest BCUT2D eigenvalue weighted by Gasteiger charge is -2.22. The van der Waals surface area contributed by atoms with E-state index in [0.717, 1.165) is 53.2 Å². The van der Waals surface area contributed by atoms with Crippen LogP contribution in [-0.2, 0) is 0 Å². The maximum atomic E-state index is 9.19. The number of benzene rings is 2. The molecule has 4 aromatic rings. The third kappa shape index (κ3) is 3.92. The van der Waals surface area contributed by atoms with Crippen LogP contribution >= 0.6 is 11.6 Å². The summed E-state index contributed by atoms with van der Waals surface area (Å²) in [6, 6.07) is 15.6. The maximum absolute atomic E-state index is 9.19. The predicted molar refractivity (Wildman–Crippen MR) is 134 cm³/mol. The van der Waals surface area contributed by atoms with Gasteiger partial charge in [0.1, 0.15) is 17.1 Å². The molecule has 3 heterocycles. The number of imidazole rings is 1. The Kier molecular flexibility index (Phi) is 5.78. The molecule has 2 aromatic carbocycles. The Balaban J connectivity index is 1.67.